The molecule has 0 aliphatic heterocycles. The van der Waals surface area contributed by atoms with E-state index in [1.54, 1.807) is 7.11 Å². The molecule has 2 aromatic carbocycles. The predicted molar refractivity (Wildman–Crippen MR) is 85.2 cm³/mol. The average molecular weight is 272 g/mol. The molecule has 0 radical (unpaired) electrons. The van der Waals surface area contributed by atoms with Gasteiger partial charge in [0.2, 0.25) is 0 Å². The number of nitrogens with zero attached hydrogens (tertiary/aromatic N) is 1. The van der Waals surface area contributed by atoms with Crippen LogP contribution in [0.2, 0.25) is 0 Å². The summed E-state index contributed by atoms with van der Waals surface area (Å²) in [6.45, 7) is 4.98. The van der Waals surface area contributed by atoms with Crippen LogP contribution in [0.5, 0.6) is 5.75 Å². The molecule has 2 rings (SSSR count). The molecule has 0 fully saturated rings. The summed E-state index contributed by atoms with van der Waals surface area (Å²) in [5.41, 5.74) is 7.30. The number of fused-ring (bicyclic) bond motifs is 1. The third-order valence-corrected chi connectivity index (χ3v) is 4.03. The first-order chi connectivity index (χ1) is 9.60. The second-order valence-electron chi connectivity index (χ2n) is 5.41. The highest BCUT2D eigenvalue weighted by Crippen LogP contribution is 2.33. The number of rotatable bonds is 5. The Balaban J connectivity index is 2.59. The SMILES string of the molecule is COc1ccc(C(CN)N(C)C(C)C)c2ccccc12. The van der Waals surface area contributed by atoms with Crippen LogP contribution in [-0.4, -0.2) is 31.6 Å². The highest BCUT2D eigenvalue weighted by atomic mass is 16.5. The van der Waals surface area contributed by atoms with E-state index < -0.39 is 0 Å². The molecule has 1 atom stereocenters. The van der Waals surface area contributed by atoms with E-state index in [9.17, 15) is 0 Å². The summed E-state index contributed by atoms with van der Waals surface area (Å²) in [6, 6.07) is 13.2. The van der Waals surface area contributed by atoms with Crippen molar-refractivity contribution < 1.29 is 4.74 Å². The number of ether oxygens (including phenoxy) is 1. The highest BCUT2D eigenvalue weighted by molar-refractivity contribution is 5.91. The molecule has 3 heteroatoms. The van der Waals surface area contributed by atoms with Crippen molar-refractivity contribution in [2.75, 3.05) is 20.7 Å². The minimum atomic E-state index is 0.214. The van der Waals surface area contributed by atoms with Crippen LogP contribution in [0.4, 0.5) is 0 Å². The molecule has 20 heavy (non-hydrogen) atoms. The van der Waals surface area contributed by atoms with E-state index in [-0.39, 0.29) is 6.04 Å². The van der Waals surface area contributed by atoms with Crippen molar-refractivity contribution in [1.82, 2.24) is 4.90 Å². The summed E-state index contributed by atoms with van der Waals surface area (Å²) in [4.78, 5) is 2.31. The van der Waals surface area contributed by atoms with Crippen LogP contribution in [0.1, 0.15) is 25.5 Å². The largest absolute Gasteiger partial charge is 0.496 e. The first-order valence-electron chi connectivity index (χ1n) is 7.07. The van der Waals surface area contributed by atoms with Gasteiger partial charge in [0.15, 0.2) is 0 Å². The molecule has 0 aliphatic rings. The number of methoxy groups -OCH3 is 1. The number of benzene rings is 2. The van der Waals surface area contributed by atoms with Gasteiger partial charge in [0.1, 0.15) is 5.75 Å². The normalized spacial score (nSPS) is 13.2. The van der Waals surface area contributed by atoms with Gasteiger partial charge in [0.05, 0.1) is 7.11 Å². The van der Waals surface area contributed by atoms with Gasteiger partial charge in [-0.25, -0.2) is 0 Å². The summed E-state index contributed by atoms with van der Waals surface area (Å²) in [5, 5.41) is 2.36. The van der Waals surface area contributed by atoms with Crippen LogP contribution in [0, 0.1) is 0 Å². The van der Waals surface area contributed by atoms with Gasteiger partial charge >= 0.3 is 0 Å². The Kier molecular flexibility index (Phi) is 4.63. The monoisotopic (exact) mass is 272 g/mol. The zero-order valence-electron chi connectivity index (χ0n) is 12.8. The predicted octanol–water partition coefficient (Wildman–Crippen LogP) is 3.19. The zero-order valence-corrected chi connectivity index (χ0v) is 12.8. The van der Waals surface area contributed by atoms with Crippen LogP contribution in [-0.2, 0) is 0 Å². The lowest BCUT2D eigenvalue weighted by atomic mass is 9.96. The standard InChI is InChI=1S/C17H24N2O/c1-12(2)19(3)16(11-18)14-9-10-17(20-4)15-8-6-5-7-13(14)15/h5-10,12,16H,11,18H2,1-4H3. The Labute approximate surface area is 121 Å². The van der Waals surface area contributed by atoms with Crippen molar-refractivity contribution in [3.63, 3.8) is 0 Å². The minimum absolute atomic E-state index is 0.214. The van der Waals surface area contributed by atoms with Crippen molar-refractivity contribution in [1.29, 1.82) is 0 Å². The summed E-state index contributed by atoms with van der Waals surface area (Å²) < 4.78 is 5.46. The molecule has 0 heterocycles. The van der Waals surface area contributed by atoms with Crippen molar-refractivity contribution in [3.8, 4) is 5.75 Å². The van der Waals surface area contributed by atoms with Crippen molar-refractivity contribution in [2.24, 2.45) is 5.73 Å². The fraction of sp³-hybridized carbons (Fsp3) is 0.412. The summed E-state index contributed by atoms with van der Waals surface area (Å²) in [6.07, 6.45) is 0. The van der Waals surface area contributed by atoms with E-state index in [0.717, 1.165) is 11.1 Å². The summed E-state index contributed by atoms with van der Waals surface area (Å²) >= 11 is 0. The topological polar surface area (TPSA) is 38.5 Å². The van der Waals surface area contributed by atoms with Gasteiger partial charge in [0.25, 0.3) is 0 Å². The molecule has 0 aliphatic carbocycles. The first kappa shape index (κ1) is 14.8. The summed E-state index contributed by atoms with van der Waals surface area (Å²) in [7, 11) is 3.84. The van der Waals surface area contributed by atoms with Gasteiger partial charge in [-0.2, -0.15) is 0 Å². The molecule has 0 saturated heterocycles. The maximum Gasteiger partial charge on any atom is 0.126 e. The maximum atomic E-state index is 6.03. The van der Waals surface area contributed by atoms with E-state index in [1.165, 1.54) is 10.9 Å². The molecular weight excluding hydrogens is 248 g/mol. The van der Waals surface area contributed by atoms with Crippen molar-refractivity contribution in [2.45, 2.75) is 25.9 Å². The Hall–Kier alpha value is -1.58. The Morgan fingerprint density at radius 3 is 2.30 bits per heavy atom. The number of hydrogen-bond acceptors (Lipinski definition) is 3. The van der Waals surface area contributed by atoms with Crippen molar-refractivity contribution >= 4 is 10.8 Å². The molecule has 0 spiro atoms. The molecule has 1 unspecified atom stereocenters. The van der Waals surface area contributed by atoms with Gasteiger partial charge in [-0.15, -0.1) is 0 Å². The van der Waals surface area contributed by atoms with Crippen LogP contribution in [0.25, 0.3) is 10.8 Å². The van der Waals surface area contributed by atoms with Gasteiger partial charge < -0.3 is 10.5 Å². The van der Waals surface area contributed by atoms with Gasteiger partial charge in [-0.3, -0.25) is 4.90 Å². The smallest absolute Gasteiger partial charge is 0.126 e. The lowest BCUT2D eigenvalue weighted by Crippen LogP contribution is -2.35. The summed E-state index contributed by atoms with van der Waals surface area (Å²) in [5.74, 6) is 0.910. The number of hydrogen-bond donors (Lipinski definition) is 1. The minimum Gasteiger partial charge on any atom is -0.496 e. The van der Waals surface area contributed by atoms with Gasteiger partial charge in [-0.1, -0.05) is 30.3 Å². The Morgan fingerprint density at radius 1 is 1.10 bits per heavy atom. The Bertz CT molecular complexity index is 580. The van der Waals surface area contributed by atoms with E-state index >= 15 is 0 Å². The number of likely N-dealkylation sites (N-methyl/N-ethyl adjacent to an activating group) is 1. The quantitative estimate of drug-likeness (QED) is 0.908. The average Bonchev–Trinajstić information content (AvgIpc) is 2.47. The van der Waals surface area contributed by atoms with E-state index in [1.807, 2.05) is 12.1 Å². The molecule has 0 amide bonds. The van der Waals surface area contributed by atoms with Crippen LogP contribution < -0.4 is 10.5 Å². The first-order valence-corrected chi connectivity index (χ1v) is 7.07. The molecule has 2 N–H and O–H groups in total. The molecule has 3 nitrogen and oxygen atoms in total. The van der Waals surface area contributed by atoms with Crippen LogP contribution in [0.15, 0.2) is 36.4 Å². The molecular formula is C17H24N2O. The van der Waals surface area contributed by atoms with Crippen LogP contribution in [0.3, 0.4) is 0 Å². The molecule has 0 saturated carbocycles. The maximum absolute atomic E-state index is 6.03. The molecule has 0 aromatic heterocycles. The zero-order chi connectivity index (χ0) is 14.7. The number of nitrogens with two attached hydrogens (primary N) is 1. The van der Waals surface area contributed by atoms with E-state index in [2.05, 4.69) is 50.1 Å². The highest BCUT2D eigenvalue weighted by Gasteiger charge is 2.20. The third kappa shape index (κ3) is 2.65. The third-order valence-electron chi connectivity index (χ3n) is 4.03. The second-order valence-corrected chi connectivity index (χ2v) is 5.41. The molecule has 108 valence electrons. The van der Waals surface area contributed by atoms with Crippen LogP contribution >= 0.6 is 0 Å². The van der Waals surface area contributed by atoms with E-state index in [4.69, 9.17) is 10.5 Å². The lowest BCUT2D eigenvalue weighted by molar-refractivity contribution is 0.202. The fourth-order valence-electron chi connectivity index (χ4n) is 2.64. The Morgan fingerprint density at radius 2 is 1.75 bits per heavy atom. The van der Waals surface area contributed by atoms with Gasteiger partial charge in [0, 0.05) is 24.0 Å². The fourth-order valence-corrected chi connectivity index (χ4v) is 2.64. The van der Waals surface area contributed by atoms with Crippen molar-refractivity contribution in [3.05, 3.63) is 42.0 Å². The van der Waals surface area contributed by atoms with Gasteiger partial charge in [-0.05, 0) is 37.9 Å². The lowest BCUT2D eigenvalue weighted by Gasteiger charge is -2.31. The van der Waals surface area contributed by atoms with E-state index in [0.29, 0.717) is 12.6 Å². The second kappa shape index (κ2) is 6.25. The molecule has 0 bridgehead atoms. The molecule has 2 aromatic rings.